The number of rotatable bonds is 5. The molecular formula is C26H18F3NO2S. The number of carbonyl (C=O) groups is 1. The summed E-state index contributed by atoms with van der Waals surface area (Å²) in [6.45, 7) is 0. The van der Waals surface area contributed by atoms with E-state index in [0.29, 0.717) is 4.70 Å². The highest BCUT2D eigenvalue weighted by atomic mass is 32.1. The van der Waals surface area contributed by atoms with Crippen LogP contribution in [0.2, 0.25) is 0 Å². The second-order valence-electron chi connectivity index (χ2n) is 7.15. The van der Waals surface area contributed by atoms with Gasteiger partial charge in [-0.05, 0) is 41.5 Å². The van der Waals surface area contributed by atoms with Crippen molar-refractivity contribution in [2.75, 3.05) is 0 Å². The normalized spacial score (nSPS) is 12.1. The molecule has 0 bridgehead atoms. The minimum atomic E-state index is -4.55. The van der Waals surface area contributed by atoms with Crippen molar-refractivity contribution < 1.29 is 23.1 Å². The zero-order chi connectivity index (χ0) is 23.4. The van der Waals surface area contributed by atoms with E-state index >= 15 is 0 Å². The summed E-state index contributed by atoms with van der Waals surface area (Å²) < 4.78 is 39.7. The maximum atomic E-state index is 13.3. The Morgan fingerprint density at radius 3 is 1.91 bits per heavy atom. The second-order valence-corrected chi connectivity index (χ2v) is 8.21. The van der Waals surface area contributed by atoms with Gasteiger partial charge in [0.25, 0.3) is 5.91 Å². The van der Waals surface area contributed by atoms with Crippen LogP contribution in [0.15, 0.2) is 91.3 Å². The number of benzene rings is 3. The first kappa shape index (κ1) is 22.4. The van der Waals surface area contributed by atoms with Crippen molar-refractivity contribution in [2.45, 2.75) is 6.18 Å². The Labute approximate surface area is 192 Å². The SMILES string of the molecule is O=C(c1sc2ccc(C(F)(F)F)cc2c1O)N(/C=C/c1ccccc1)/C=C/c1ccccc1. The maximum Gasteiger partial charge on any atom is 0.416 e. The number of hydrogen-bond acceptors (Lipinski definition) is 3. The zero-order valence-electron chi connectivity index (χ0n) is 17.2. The van der Waals surface area contributed by atoms with Gasteiger partial charge in [0.1, 0.15) is 10.6 Å². The molecule has 0 atom stereocenters. The van der Waals surface area contributed by atoms with E-state index in [2.05, 4.69) is 0 Å². The number of amides is 1. The number of aromatic hydroxyl groups is 1. The second kappa shape index (κ2) is 9.34. The monoisotopic (exact) mass is 465 g/mol. The zero-order valence-corrected chi connectivity index (χ0v) is 18.0. The fourth-order valence-corrected chi connectivity index (χ4v) is 4.19. The topological polar surface area (TPSA) is 40.5 Å². The van der Waals surface area contributed by atoms with Crippen molar-refractivity contribution in [2.24, 2.45) is 0 Å². The van der Waals surface area contributed by atoms with E-state index in [4.69, 9.17) is 0 Å². The quantitative estimate of drug-likeness (QED) is 0.333. The molecule has 3 aromatic carbocycles. The summed E-state index contributed by atoms with van der Waals surface area (Å²) in [5.41, 5.74) is 0.837. The van der Waals surface area contributed by atoms with Gasteiger partial charge in [0, 0.05) is 22.5 Å². The molecule has 4 rings (SSSR count). The summed E-state index contributed by atoms with van der Waals surface area (Å²) in [6, 6.07) is 21.8. The van der Waals surface area contributed by atoms with Crippen LogP contribution < -0.4 is 0 Å². The minimum absolute atomic E-state index is 0.00259. The van der Waals surface area contributed by atoms with Crippen LogP contribution in [0.1, 0.15) is 26.4 Å². The first-order valence-corrected chi connectivity index (χ1v) is 10.8. The molecule has 4 aromatic rings. The predicted molar refractivity (Wildman–Crippen MR) is 126 cm³/mol. The van der Waals surface area contributed by atoms with Gasteiger partial charge in [-0.3, -0.25) is 9.69 Å². The van der Waals surface area contributed by atoms with Gasteiger partial charge in [0.15, 0.2) is 0 Å². The number of carbonyl (C=O) groups excluding carboxylic acids is 1. The Morgan fingerprint density at radius 1 is 0.848 bits per heavy atom. The highest BCUT2D eigenvalue weighted by Crippen LogP contribution is 2.41. The van der Waals surface area contributed by atoms with E-state index in [0.717, 1.165) is 34.6 Å². The molecule has 0 saturated heterocycles. The van der Waals surface area contributed by atoms with Gasteiger partial charge < -0.3 is 5.11 Å². The van der Waals surface area contributed by atoms with Gasteiger partial charge in [-0.1, -0.05) is 60.7 Å². The molecule has 0 spiro atoms. The number of hydrogen-bond donors (Lipinski definition) is 1. The first-order valence-electron chi connectivity index (χ1n) is 9.95. The standard InChI is InChI=1S/C26H18F3NO2S/c27-26(28,29)20-11-12-22-21(17-20)23(31)24(33-22)25(32)30(15-13-18-7-3-1-4-8-18)16-14-19-9-5-2-6-10-19/h1-17,31H/b15-13+,16-14+. The predicted octanol–water partition coefficient (Wildman–Crippen LogP) is 7.41. The molecule has 166 valence electrons. The fourth-order valence-electron chi connectivity index (χ4n) is 3.17. The highest BCUT2D eigenvalue weighted by molar-refractivity contribution is 7.21. The fraction of sp³-hybridized carbons (Fsp3) is 0.0385. The lowest BCUT2D eigenvalue weighted by molar-refractivity contribution is -0.137. The van der Waals surface area contributed by atoms with Gasteiger partial charge in [0.05, 0.1) is 5.56 Å². The van der Waals surface area contributed by atoms with Crippen LogP contribution in [0.25, 0.3) is 22.2 Å². The maximum absolute atomic E-state index is 13.3. The summed E-state index contributed by atoms with van der Waals surface area (Å²) in [7, 11) is 0. The van der Waals surface area contributed by atoms with E-state index in [9.17, 15) is 23.1 Å². The Bertz CT molecular complexity index is 1280. The van der Waals surface area contributed by atoms with Crippen LogP contribution in [-0.2, 0) is 6.18 Å². The summed E-state index contributed by atoms with van der Waals surface area (Å²) in [5, 5.41) is 10.6. The van der Waals surface area contributed by atoms with Gasteiger partial charge in [-0.25, -0.2) is 0 Å². The minimum Gasteiger partial charge on any atom is -0.506 e. The summed E-state index contributed by atoms with van der Waals surface area (Å²) in [5.74, 6) is -1.01. The molecule has 0 aliphatic rings. The molecule has 0 unspecified atom stereocenters. The highest BCUT2D eigenvalue weighted by Gasteiger charge is 2.31. The van der Waals surface area contributed by atoms with Crippen LogP contribution in [0.3, 0.4) is 0 Å². The van der Waals surface area contributed by atoms with Crippen LogP contribution >= 0.6 is 11.3 Å². The number of halogens is 3. The molecule has 1 N–H and O–H groups in total. The lowest BCUT2D eigenvalue weighted by atomic mass is 10.1. The van der Waals surface area contributed by atoms with E-state index in [-0.39, 0.29) is 10.3 Å². The Hall–Kier alpha value is -3.84. The van der Waals surface area contributed by atoms with Crippen molar-refractivity contribution in [1.82, 2.24) is 4.90 Å². The number of fused-ring (bicyclic) bond motifs is 1. The van der Waals surface area contributed by atoms with Crippen molar-refractivity contribution in [3.63, 3.8) is 0 Å². The number of nitrogens with zero attached hydrogens (tertiary/aromatic N) is 1. The largest absolute Gasteiger partial charge is 0.506 e. The van der Waals surface area contributed by atoms with E-state index in [1.165, 1.54) is 11.0 Å². The first-order chi connectivity index (χ1) is 15.8. The van der Waals surface area contributed by atoms with E-state index < -0.39 is 23.4 Å². The third-order valence-corrected chi connectivity index (χ3v) is 6.02. The lowest BCUT2D eigenvalue weighted by Gasteiger charge is -2.13. The molecule has 1 aromatic heterocycles. The third-order valence-electron chi connectivity index (χ3n) is 4.87. The van der Waals surface area contributed by atoms with Crippen LogP contribution in [-0.4, -0.2) is 15.9 Å². The molecule has 7 heteroatoms. The van der Waals surface area contributed by atoms with Gasteiger partial charge in [-0.2, -0.15) is 13.2 Å². The smallest absolute Gasteiger partial charge is 0.416 e. The van der Waals surface area contributed by atoms with E-state index in [1.54, 1.807) is 24.6 Å². The van der Waals surface area contributed by atoms with Crippen LogP contribution in [0.4, 0.5) is 13.2 Å². The summed E-state index contributed by atoms with van der Waals surface area (Å²) in [4.78, 5) is 14.6. The summed E-state index contributed by atoms with van der Waals surface area (Å²) in [6.07, 6.45) is 2.04. The average molecular weight is 465 g/mol. The molecule has 0 aliphatic heterocycles. The van der Waals surface area contributed by atoms with Crippen molar-refractivity contribution >= 4 is 39.5 Å². The number of alkyl halides is 3. The van der Waals surface area contributed by atoms with Gasteiger partial charge >= 0.3 is 6.18 Å². The Balaban J connectivity index is 1.72. The Kier molecular flexibility index (Phi) is 6.33. The summed E-state index contributed by atoms with van der Waals surface area (Å²) >= 11 is 0.947. The van der Waals surface area contributed by atoms with Crippen molar-refractivity contribution in [1.29, 1.82) is 0 Å². The van der Waals surface area contributed by atoms with Gasteiger partial charge in [0.2, 0.25) is 0 Å². The lowest BCUT2D eigenvalue weighted by Crippen LogP contribution is -2.18. The van der Waals surface area contributed by atoms with E-state index in [1.807, 2.05) is 60.7 Å². The molecule has 1 amide bonds. The Morgan fingerprint density at radius 2 is 1.39 bits per heavy atom. The molecule has 33 heavy (non-hydrogen) atoms. The molecule has 3 nitrogen and oxygen atoms in total. The molecule has 0 radical (unpaired) electrons. The van der Waals surface area contributed by atoms with Crippen molar-refractivity contribution in [3.8, 4) is 5.75 Å². The average Bonchev–Trinajstić information content (AvgIpc) is 3.15. The van der Waals surface area contributed by atoms with Crippen molar-refractivity contribution in [3.05, 3.63) is 113 Å². The molecule has 0 saturated carbocycles. The third kappa shape index (κ3) is 5.15. The molecule has 0 fully saturated rings. The number of thiophene rings is 1. The van der Waals surface area contributed by atoms with Crippen LogP contribution in [0, 0.1) is 0 Å². The van der Waals surface area contributed by atoms with Gasteiger partial charge in [-0.15, -0.1) is 11.3 Å². The molecule has 1 heterocycles. The molecule has 0 aliphatic carbocycles. The molecular weight excluding hydrogens is 447 g/mol. The van der Waals surface area contributed by atoms with Crippen LogP contribution in [0.5, 0.6) is 5.75 Å².